The van der Waals surface area contributed by atoms with E-state index in [1.54, 1.807) is 38.4 Å². The summed E-state index contributed by atoms with van der Waals surface area (Å²) in [5.74, 6) is 0.649. The summed E-state index contributed by atoms with van der Waals surface area (Å²) in [5, 5.41) is 0. The topological polar surface area (TPSA) is 38.8 Å². The second-order valence-electron chi connectivity index (χ2n) is 3.34. The van der Waals surface area contributed by atoms with Gasteiger partial charge in [0.1, 0.15) is 12.4 Å². The van der Waals surface area contributed by atoms with Gasteiger partial charge in [-0.3, -0.25) is 4.90 Å². The molecule has 1 radical (unpaired) electrons. The van der Waals surface area contributed by atoms with E-state index in [0.29, 0.717) is 11.4 Å². The van der Waals surface area contributed by atoms with Gasteiger partial charge in [0.05, 0.1) is 12.8 Å². The second kappa shape index (κ2) is 6.58. The lowest BCUT2D eigenvalue weighted by molar-refractivity contribution is 0.167. The number of carbonyl (C=O) groups excluding carboxylic acids is 1. The van der Waals surface area contributed by atoms with Gasteiger partial charge in [-0.05, 0) is 25.1 Å². The molecule has 0 saturated carbocycles. The molecule has 1 aromatic carbocycles. The Kier molecular flexibility index (Phi) is 5.07. The molecule has 0 spiro atoms. The third-order valence-electron chi connectivity index (χ3n) is 2.18. The lowest BCUT2D eigenvalue weighted by Crippen LogP contribution is -2.27. The standard InChI is InChI=1S/C13H16NO3/c1-4-5-9-17-13(15)14(2)11-7-6-8-12(10-11)16-3/h4-5,7-8,10H,9H2,1-3H3. The van der Waals surface area contributed by atoms with Gasteiger partial charge < -0.3 is 9.47 Å². The molecule has 1 rings (SSSR count). The van der Waals surface area contributed by atoms with E-state index in [-0.39, 0.29) is 6.61 Å². The number of anilines is 1. The summed E-state index contributed by atoms with van der Waals surface area (Å²) in [4.78, 5) is 13.0. The van der Waals surface area contributed by atoms with Gasteiger partial charge in [0.25, 0.3) is 0 Å². The number of carbonyl (C=O) groups is 1. The summed E-state index contributed by atoms with van der Waals surface area (Å²) in [6.07, 6.45) is 3.18. The quantitative estimate of drug-likeness (QED) is 0.752. The minimum atomic E-state index is -0.412. The number of methoxy groups -OCH3 is 1. The molecule has 0 bridgehead atoms. The minimum absolute atomic E-state index is 0.271. The van der Waals surface area contributed by atoms with Crippen molar-refractivity contribution in [2.45, 2.75) is 6.92 Å². The summed E-state index contributed by atoms with van der Waals surface area (Å²) in [7, 11) is 3.21. The smallest absolute Gasteiger partial charge is 0.414 e. The van der Waals surface area contributed by atoms with Gasteiger partial charge in [-0.15, -0.1) is 0 Å². The number of hydrogen-bond donors (Lipinski definition) is 0. The Morgan fingerprint density at radius 2 is 2.29 bits per heavy atom. The van der Waals surface area contributed by atoms with Gasteiger partial charge in [-0.25, -0.2) is 4.79 Å². The van der Waals surface area contributed by atoms with Crippen LogP contribution < -0.4 is 9.64 Å². The molecular weight excluding hydrogens is 218 g/mol. The highest BCUT2D eigenvalue weighted by molar-refractivity contribution is 5.87. The fourth-order valence-corrected chi connectivity index (χ4v) is 1.17. The molecule has 0 aliphatic rings. The molecule has 0 aliphatic carbocycles. The van der Waals surface area contributed by atoms with E-state index in [2.05, 4.69) is 6.07 Å². The van der Waals surface area contributed by atoms with Crippen LogP contribution in [0.5, 0.6) is 5.75 Å². The molecule has 91 valence electrons. The summed E-state index contributed by atoms with van der Waals surface area (Å²) >= 11 is 0. The summed E-state index contributed by atoms with van der Waals surface area (Å²) in [6, 6.07) is 8.03. The molecule has 17 heavy (non-hydrogen) atoms. The van der Waals surface area contributed by atoms with E-state index in [4.69, 9.17) is 9.47 Å². The van der Waals surface area contributed by atoms with Gasteiger partial charge >= 0.3 is 6.09 Å². The van der Waals surface area contributed by atoms with Gasteiger partial charge in [0.15, 0.2) is 0 Å². The van der Waals surface area contributed by atoms with Crippen LogP contribution >= 0.6 is 0 Å². The molecule has 0 aromatic heterocycles. The maximum atomic E-state index is 11.6. The maximum Gasteiger partial charge on any atom is 0.414 e. The Morgan fingerprint density at radius 3 is 2.94 bits per heavy atom. The van der Waals surface area contributed by atoms with Crippen LogP contribution in [0.3, 0.4) is 0 Å². The van der Waals surface area contributed by atoms with Gasteiger partial charge in [0, 0.05) is 13.1 Å². The van der Waals surface area contributed by atoms with Gasteiger partial charge in [-0.2, -0.15) is 0 Å². The maximum absolute atomic E-state index is 11.6. The Morgan fingerprint density at radius 1 is 1.53 bits per heavy atom. The first-order valence-corrected chi connectivity index (χ1v) is 5.25. The van der Waals surface area contributed by atoms with E-state index in [9.17, 15) is 4.79 Å². The van der Waals surface area contributed by atoms with Crippen LogP contribution in [0.1, 0.15) is 6.92 Å². The first-order valence-electron chi connectivity index (χ1n) is 5.25. The third kappa shape index (κ3) is 3.83. The Balaban J connectivity index is 2.67. The van der Waals surface area contributed by atoms with Crippen molar-refractivity contribution in [1.82, 2.24) is 0 Å². The Labute approximate surface area is 101 Å². The number of amides is 1. The van der Waals surface area contributed by atoms with E-state index in [1.807, 2.05) is 13.0 Å². The lowest BCUT2D eigenvalue weighted by Gasteiger charge is -2.16. The number of allylic oxidation sites excluding steroid dienone is 1. The first-order chi connectivity index (χ1) is 8.19. The number of benzene rings is 1. The van der Waals surface area contributed by atoms with Crippen molar-refractivity contribution in [1.29, 1.82) is 0 Å². The van der Waals surface area contributed by atoms with Crippen molar-refractivity contribution >= 4 is 11.8 Å². The zero-order valence-electron chi connectivity index (χ0n) is 10.3. The Hall–Kier alpha value is -1.97. The average molecular weight is 234 g/mol. The van der Waals surface area contributed by atoms with Crippen LogP contribution in [0.25, 0.3) is 0 Å². The molecule has 0 unspecified atom stereocenters. The summed E-state index contributed by atoms with van der Waals surface area (Å²) < 4.78 is 10.1. The monoisotopic (exact) mass is 234 g/mol. The highest BCUT2D eigenvalue weighted by Crippen LogP contribution is 2.19. The molecular formula is C13H16NO3. The fourth-order valence-electron chi connectivity index (χ4n) is 1.17. The van der Waals surface area contributed by atoms with Gasteiger partial charge in [0.2, 0.25) is 0 Å². The molecule has 0 heterocycles. The van der Waals surface area contributed by atoms with E-state index in [0.717, 1.165) is 0 Å². The molecule has 1 aromatic rings. The van der Waals surface area contributed by atoms with Gasteiger partial charge in [-0.1, -0.05) is 12.2 Å². The van der Waals surface area contributed by atoms with Crippen LogP contribution in [-0.4, -0.2) is 26.9 Å². The highest BCUT2D eigenvalue weighted by atomic mass is 16.6. The average Bonchev–Trinajstić information content (AvgIpc) is 2.38. The summed E-state index contributed by atoms with van der Waals surface area (Å²) in [5.41, 5.74) is 0.676. The molecule has 4 nitrogen and oxygen atoms in total. The molecule has 0 N–H and O–H groups in total. The molecule has 4 heteroatoms. The molecule has 0 aliphatic heterocycles. The normalized spacial score (nSPS) is 10.3. The Bertz CT molecular complexity index is 401. The number of hydrogen-bond acceptors (Lipinski definition) is 3. The molecule has 0 atom stereocenters. The van der Waals surface area contributed by atoms with Crippen molar-refractivity contribution < 1.29 is 14.3 Å². The van der Waals surface area contributed by atoms with Crippen molar-refractivity contribution in [2.75, 3.05) is 25.7 Å². The van der Waals surface area contributed by atoms with E-state index in [1.165, 1.54) is 4.90 Å². The number of ether oxygens (including phenoxy) is 2. The first kappa shape index (κ1) is 13.1. The van der Waals surface area contributed by atoms with Crippen molar-refractivity contribution in [3.05, 3.63) is 36.4 Å². The number of nitrogens with zero attached hydrogens (tertiary/aromatic N) is 1. The van der Waals surface area contributed by atoms with Crippen molar-refractivity contribution in [3.8, 4) is 5.75 Å². The van der Waals surface area contributed by atoms with Crippen LogP contribution in [0.2, 0.25) is 0 Å². The predicted molar refractivity (Wildman–Crippen MR) is 66.4 cm³/mol. The van der Waals surface area contributed by atoms with Crippen molar-refractivity contribution in [3.63, 3.8) is 0 Å². The zero-order valence-corrected chi connectivity index (χ0v) is 10.3. The number of rotatable bonds is 4. The van der Waals surface area contributed by atoms with Crippen LogP contribution in [0.4, 0.5) is 10.5 Å². The van der Waals surface area contributed by atoms with E-state index < -0.39 is 6.09 Å². The predicted octanol–water partition coefficient (Wildman–Crippen LogP) is 2.64. The lowest BCUT2D eigenvalue weighted by atomic mass is 10.3. The largest absolute Gasteiger partial charge is 0.497 e. The minimum Gasteiger partial charge on any atom is -0.497 e. The summed E-state index contributed by atoms with van der Waals surface area (Å²) in [6.45, 7) is 2.14. The second-order valence-corrected chi connectivity index (χ2v) is 3.34. The van der Waals surface area contributed by atoms with E-state index >= 15 is 0 Å². The fraction of sp³-hybridized carbons (Fsp3) is 0.308. The third-order valence-corrected chi connectivity index (χ3v) is 2.18. The molecule has 0 fully saturated rings. The van der Waals surface area contributed by atoms with Crippen LogP contribution in [0, 0.1) is 6.07 Å². The molecule has 0 saturated heterocycles. The van der Waals surface area contributed by atoms with Crippen LogP contribution in [0.15, 0.2) is 30.4 Å². The van der Waals surface area contributed by atoms with Crippen LogP contribution in [-0.2, 0) is 4.74 Å². The van der Waals surface area contributed by atoms with Crippen molar-refractivity contribution in [2.24, 2.45) is 0 Å². The molecule has 1 amide bonds. The SMILES string of the molecule is CC=CCOC(=O)N(C)c1c[c]cc(OC)c1. The zero-order chi connectivity index (χ0) is 12.7. The highest BCUT2D eigenvalue weighted by Gasteiger charge is 2.11.